The van der Waals surface area contributed by atoms with Crippen LogP contribution in [0.15, 0.2) is 41.2 Å². The number of fused-ring (bicyclic) bond motifs is 3. The van der Waals surface area contributed by atoms with Crippen LogP contribution in [0.1, 0.15) is 20.7 Å². The van der Waals surface area contributed by atoms with Gasteiger partial charge in [-0.1, -0.05) is 18.2 Å². The third kappa shape index (κ3) is 2.34. The topological polar surface area (TPSA) is 85.5 Å². The SMILES string of the molecule is COC(=O)c1cc(C(=O)OC)c2c(=O)[nH]c3ccccc3c2c1. The molecule has 23 heavy (non-hydrogen) atoms. The Morgan fingerprint density at radius 2 is 1.65 bits per heavy atom. The summed E-state index contributed by atoms with van der Waals surface area (Å²) in [5.74, 6) is -1.29. The second kappa shape index (κ2) is 5.57. The summed E-state index contributed by atoms with van der Waals surface area (Å²) in [4.78, 5) is 39.1. The molecule has 0 radical (unpaired) electrons. The molecule has 3 aromatic rings. The molecule has 116 valence electrons. The molecule has 6 heteroatoms. The van der Waals surface area contributed by atoms with Crippen LogP contribution in [0.5, 0.6) is 0 Å². The number of carbonyl (C=O) groups excluding carboxylic acids is 2. The molecule has 0 bridgehead atoms. The molecule has 1 heterocycles. The minimum absolute atomic E-state index is 0.0254. The first-order chi connectivity index (χ1) is 11.1. The van der Waals surface area contributed by atoms with Gasteiger partial charge in [0.15, 0.2) is 0 Å². The van der Waals surface area contributed by atoms with Crippen molar-refractivity contribution in [2.45, 2.75) is 0 Å². The lowest BCUT2D eigenvalue weighted by molar-refractivity contribution is 0.0600. The van der Waals surface area contributed by atoms with Gasteiger partial charge in [-0.25, -0.2) is 9.59 Å². The van der Waals surface area contributed by atoms with Crippen molar-refractivity contribution in [3.05, 3.63) is 57.9 Å². The van der Waals surface area contributed by atoms with Gasteiger partial charge in [-0.2, -0.15) is 0 Å². The zero-order valence-corrected chi connectivity index (χ0v) is 12.5. The van der Waals surface area contributed by atoms with Crippen molar-refractivity contribution in [1.29, 1.82) is 0 Å². The van der Waals surface area contributed by atoms with E-state index >= 15 is 0 Å². The molecule has 0 amide bonds. The average molecular weight is 311 g/mol. The lowest BCUT2D eigenvalue weighted by atomic mass is 9.98. The maximum absolute atomic E-state index is 12.4. The predicted molar refractivity (Wildman–Crippen MR) is 84.8 cm³/mol. The molecule has 0 spiro atoms. The number of hydrogen-bond donors (Lipinski definition) is 1. The highest BCUT2D eigenvalue weighted by molar-refractivity contribution is 6.15. The quantitative estimate of drug-likeness (QED) is 0.579. The zero-order valence-electron chi connectivity index (χ0n) is 12.5. The number of esters is 2. The van der Waals surface area contributed by atoms with Crippen LogP contribution in [0.25, 0.3) is 21.7 Å². The first kappa shape index (κ1) is 14.8. The third-order valence-electron chi connectivity index (χ3n) is 3.66. The predicted octanol–water partition coefficient (Wildman–Crippen LogP) is 2.25. The van der Waals surface area contributed by atoms with Crippen molar-refractivity contribution in [3.8, 4) is 0 Å². The van der Waals surface area contributed by atoms with Crippen LogP contribution in [-0.2, 0) is 9.47 Å². The lowest BCUT2D eigenvalue weighted by Gasteiger charge is -2.10. The van der Waals surface area contributed by atoms with Gasteiger partial charge in [0.2, 0.25) is 0 Å². The maximum atomic E-state index is 12.4. The van der Waals surface area contributed by atoms with Gasteiger partial charge in [-0.3, -0.25) is 4.79 Å². The number of H-pyrrole nitrogens is 1. The molecular weight excluding hydrogens is 298 g/mol. The molecule has 0 aliphatic heterocycles. The second-order valence-corrected chi connectivity index (χ2v) is 4.93. The summed E-state index contributed by atoms with van der Waals surface area (Å²) in [6, 6.07) is 10.0. The Hall–Kier alpha value is -3.15. The first-order valence-electron chi connectivity index (χ1n) is 6.82. The van der Waals surface area contributed by atoms with E-state index in [0.717, 1.165) is 5.39 Å². The highest BCUT2D eigenvalue weighted by Gasteiger charge is 2.19. The fraction of sp³-hybridized carbons (Fsp3) is 0.118. The monoisotopic (exact) mass is 311 g/mol. The maximum Gasteiger partial charge on any atom is 0.338 e. The van der Waals surface area contributed by atoms with Gasteiger partial charge >= 0.3 is 11.9 Å². The standard InChI is InChI=1S/C17H13NO5/c1-22-16(20)9-7-11-10-5-3-4-6-13(10)18-15(19)14(11)12(8-9)17(21)23-2/h3-8H,1-2H3,(H,18,19). The molecule has 0 atom stereocenters. The van der Waals surface area contributed by atoms with Crippen LogP contribution in [-0.4, -0.2) is 31.1 Å². The van der Waals surface area contributed by atoms with Crippen molar-refractivity contribution < 1.29 is 19.1 Å². The van der Waals surface area contributed by atoms with Crippen LogP contribution in [0, 0.1) is 0 Å². The van der Waals surface area contributed by atoms with E-state index in [1.165, 1.54) is 20.3 Å². The number of carbonyl (C=O) groups is 2. The molecule has 0 fully saturated rings. The van der Waals surface area contributed by atoms with E-state index in [9.17, 15) is 14.4 Å². The average Bonchev–Trinajstić information content (AvgIpc) is 2.59. The Labute approximate surface area is 130 Å². The van der Waals surface area contributed by atoms with Crippen LogP contribution in [0.4, 0.5) is 0 Å². The van der Waals surface area contributed by atoms with Gasteiger partial charge in [-0.15, -0.1) is 0 Å². The highest BCUT2D eigenvalue weighted by atomic mass is 16.5. The number of aromatic amines is 1. The number of nitrogens with one attached hydrogen (secondary N) is 1. The van der Waals surface area contributed by atoms with Gasteiger partial charge in [0.05, 0.1) is 30.7 Å². The molecule has 2 aromatic carbocycles. The lowest BCUT2D eigenvalue weighted by Crippen LogP contribution is -2.14. The minimum atomic E-state index is -0.693. The molecule has 0 saturated heterocycles. The van der Waals surface area contributed by atoms with Crippen LogP contribution >= 0.6 is 0 Å². The number of aromatic nitrogens is 1. The summed E-state index contributed by atoms with van der Waals surface area (Å²) >= 11 is 0. The van der Waals surface area contributed by atoms with Crippen LogP contribution in [0.2, 0.25) is 0 Å². The smallest absolute Gasteiger partial charge is 0.338 e. The molecule has 1 N–H and O–H groups in total. The van der Waals surface area contributed by atoms with Crippen molar-refractivity contribution in [3.63, 3.8) is 0 Å². The Morgan fingerprint density at radius 1 is 0.957 bits per heavy atom. The highest BCUT2D eigenvalue weighted by Crippen LogP contribution is 2.26. The van der Waals surface area contributed by atoms with Gasteiger partial charge in [-0.05, 0) is 23.6 Å². The molecule has 0 saturated carbocycles. The summed E-state index contributed by atoms with van der Waals surface area (Å²) in [5.41, 5.74) is 0.395. The van der Waals surface area contributed by atoms with Gasteiger partial charge < -0.3 is 14.5 Å². The van der Waals surface area contributed by atoms with E-state index in [4.69, 9.17) is 9.47 Å². The summed E-state index contributed by atoms with van der Waals surface area (Å²) in [6.07, 6.45) is 0. The van der Waals surface area contributed by atoms with E-state index in [-0.39, 0.29) is 16.5 Å². The van der Waals surface area contributed by atoms with E-state index in [2.05, 4.69) is 4.98 Å². The van der Waals surface area contributed by atoms with Gasteiger partial charge in [0.1, 0.15) is 0 Å². The normalized spacial score (nSPS) is 10.7. The largest absolute Gasteiger partial charge is 0.465 e. The molecule has 0 aliphatic carbocycles. The fourth-order valence-corrected chi connectivity index (χ4v) is 2.62. The molecule has 0 aliphatic rings. The summed E-state index contributed by atoms with van der Waals surface area (Å²) in [5, 5.41) is 1.40. The van der Waals surface area contributed by atoms with E-state index < -0.39 is 17.5 Å². The summed E-state index contributed by atoms with van der Waals surface area (Å²) in [6.45, 7) is 0. The van der Waals surface area contributed by atoms with Crippen molar-refractivity contribution >= 4 is 33.6 Å². The second-order valence-electron chi connectivity index (χ2n) is 4.93. The van der Waals surface area contributed by atoms with Gasteiger partial charge in [0.25, 0.3) is 5.56 Å². The van der Waals surface area contributed by atoms with Crippen molar-refractivity contribution in [2.75, 3.05) is 14.2 Å². The Morgan fingerprint density at radius 3 is 2.35 bits per heavy atom. The van der Waals surface area contributed by atoms with E-state index in [1.807, 2.05) is 6.07 Å². The Bertz CT molecular complexity index is 1000. The summed E-state index contributed by atoms with van der Waals surface area (Å²) in [7, 11) is 2.47. The zero-order chi connectivity index (χ0) is 16.6. The number of rotatable bonds is 2. The van der Waals surface area contributed by atoms with Crippen molar-refractivity contribution in [1.82, 2.24) is 4.98 Å². The van der Waals surface area contributed by atoms with E-state index in [0.29, 0.717) is 10.9 Å². The number of pyridine rings is 1. The van der Waals surface area contributed by atoms with Crippen LogP contribution < -0.4 is 5.56 Å². The fourth-order valence-electron chi connectivity index (χ4n) is 2.62. The van der Waals surface area contributed by atoms with E-state index in [1.54, 1.807) is 24.3 Å². The van der Waals surface area contributed by atoms with Crippen molar-refractivity contribution in [2.24, 2.45) is 0 Å². The molecule has 1 aromatic heterocycles. The number of benzene rings is 2. The first-order valence-corrected chi connectivity index (χ1v) is 6.82. The molecule has 6 nitrogen and oxygen atoms in total. The number of methoxy groups -OCH3 is 2. The number of para-hydroxylation sites is 1. The number of hydrogen-bond acceptors (Lipinski definition) is 5. The summed E-state index contributed by atoms with van der Waals surface area (Å²) < 4.78 is 9.45. The Balaban J connectivity index is 2.54. The molecule has 3 rings (SSSR count). The van der Waals surface area contributed by atoms with Gasteiger partial charge in [0, 0.05) is 10.9 Å². The molecule has 0 unspecified atom stereocenters. The minimum Gasteiger partial charge on any atom is -0.465 e. The van der Waals surface area contributed by atoms with Crippen LogP contribution in [0.3, 0.4) is 0 Å². The number of ether oxygens (including phenoxy) is 2. The third-order valence-corrected chi connectivity index (χ3v) is 3.66. The Kier molecular flexibility index (Phi) is 3.57. The molecular formula is C17H13NO5.